The van der Waals surface area contributed by atoms with Crippen molar-refractivity contribution in [2.45, 2.75) is 13.8 Å². The molecule has 0 spiro atoms. The van der Waals surface area contributed by atoms with E-state index in [1.807, 2.05) is 13.8 Å². The van der Waals surface area contributed by atoms with Crippen molar-refractivity contribution in [3.05, 3.63) is 0 Å². The van der Waals surface area contributed by atoms with Crippen LogP contribution in [0, 0.1) is 0 Å². The van der Waals surface area contributed by atoms with E-state index in [1.165, 1.54) is 7.11 Å². The average Bonchev–Trinajstić information content (AvgIpc) is 2.17. The number of carbonyl (C=O) groups is 2. The van der Waals surface area contributed by atoms with Gasteiger partial charge in [-0.05, 0) is 13.5 Å². The highest BCUT2D eigenvalue weighted by Crippen LogP contribution is 1.89. The van der Waals surface area contributed by atoms with Crippen LogP contribution in [0.5, 0.6) is 0 Å². The number of hydrogen-bond donors (Lipinski definition) is 1. The Bertz CT molecular complexity index is 187. The van der Waals surface area contributed by atoms with Crippen LogP contribution in [0.3, 0.4) is 0 Å². The van der Waals surface area contributed by atoms with Gasteiger partial charge in [-0.1, -0.05) is 6.92 Å². The molecule has 5 nitrogen and oxygen atoms in total. The molecule has 0 rings (SSSR count). The molecule has 0 saturated carbocycles. The first-order valence-electron chi connectivity index (χ1n) is 5.13. The molecule has 5 heteroatoms. The van der Waals surface area contributed by atoms with Gasteiger partial charge in [-0.25, -0.2) is 0 Å². The molecule has 0 bridgehead atoms. The molecule has 88 valence electrons. The van der Waals surface area contributed by atoms with Gasteiger partial charge in [0.15, 0.2) is 5.78 Å². The summed E-state index contributed by atoms with van der Waals surface area (Å²) < 4.78 is 4.72. The molecule has 1 amide bonds. The normalized spacial score (nSPS) is 10.4. The maximum Gasteiger partial charge on any atom is 0.234 e. The Morgan fingerprint density at radius 3 is 2.40 bits per heavy atom. The first kappa shape index (κ1) is 14.1. The van der Waals surface area contributed by atoms with Gasteiger partial charge in [-0.15, -0.1) is 0 Å². The van der Waals surface area contributed by atoms with Crippen LogP contribution >= 0.6 is 0 Å². The number of ether oxygens (including phenoxy) is 1. The molecule has 0 aromatic carbocycles. The van der Waals surface area contributed by atoms with Gasteiger partial charge in [0.2, 0.25) is 5.91 Å². The zero-order valence-electron chi connectivity index (χ0n) is 9.71. The fourth-order valence-corrected chi connectivity index (χ4v) is 1.19. The van der Waals surface area contributed by atoms with Gasteiger partial charge >= 0.3 is 0 Å². The average molecular weight is 216 g/mol. The third kappa shape index (κ3) is 7.04. The van der Waals surface area contributed by atoms with Gasteiger partial charge in [0.05, 0.1) is 13.1 Å². The van der Waals surface area contributed by atoms with Crippen molar-refractivity contribution in [1.29, 1.82) is 0 Å². The standard InChI is InChI=1S/C10H20N2O3/c1-4-11-10(14)7-12(5-2)6-9(13)8-15-3/h4-8H2,1-3H3,(H,11,14). The van der Waals surface area contributed by atoms with Crippen molar-refractivity contribution in [2.75, 3.05) is 39.9 Å². The van der Waals surface area contributed by atoms with Crippen molar-refractivity contribution in [3.8, 4) is 0 Å². The van der Waals surface area contributed by atoms with Crippen LogP contribution in [0.2, 0.25) is 0 Å². The van der Waals surface area contributed by atoms with E-state index in [4.69, 9.17) is 4.74 Å². The highest BCUT2D eigenvalue weighted by Gasteiger charge is 2.11. The summed E-state index contributed by atoms with van der Waals surface area (Å²) in [4.78, 5) is 24.3. The van der Waals surface area contributed by atoms with Crippen molar-refractivity contribution >= 4 is 11.7 Å². The monoisotopic (exact) mass is 216 g/mol. The quantitative estimate of drug-likeness (QED) is 0.603. The summed E-state index contributed by atoms with van der Waals surface area (Å²) >= 11 is 0. The van der Waals surface area contributed by atoms with Crippen LogP contribution < -0.4 is 5.32 Å². The molecule has 0 saturated heterocycles. The molecule has 0 fully saturated rings. The molecule has 1 N–H and O–H groups in total. The highest BCUT2D eigenvalue weighted by atomic mass is 16.5. The number of amides is 1. The summed E-state index contributed by atoms with van der Waals surface area (Å²) in [6.45, 7) is 5.70. The van der Waals surface area contributed by atoms with Gasteiger partial charge in [-0.3, -0.25) is 14.5 Å². The lowest BCUT2D eigenvalue weighted by Gasteiger charge is -2.18. The van der Waals surface area contributed by atoms with Gasteiger partial charge in [0.25, 0.3) is 0 Å². The summed E-state index contributed by atoms with van der Waals surface area (Å²) in [7, 11) is 1.48. The Labute approximate surface area is 90.8 Å². The highest BCUT2D eigenvalue weighted by molar-refractivity contribution is 5.83. The number of nitrogens with zero attached hydrogens (tertiary/aromatic N) is 1. The molecule has 0 aliphatic heterocycles. The molecule has 0 atom stereocenters. The number of rotatable bonds is 8. The second-order valence-electron chi connectivity index (χ2n) is 3.23. The SMILES string of the molecule is CCNC(=O)CN(CC)CC(=O)COC. The van der Waals surface area contributed by atoms with Gasteiger partial charge in [0.1, 0.15) is 6.61 Å². The zero-order chi connectivity index (χ0) is 11.7. The molecule has 15 heavy (non-hydrogen) atoms. The van der Waals surface area contributed by atoms with Gasteiger partial charge < -0.3 is 10.1 Å². The zero-order valence-corrected chi connectivity index (χ0v) is 9.71. The maximum atomic E-state index is 11.3. The predicted molar refractivity (Wildman–Crippen MR) is 57.7 cm³/mol. The fourth-order valence-electron chi connectivity index (χ4n) is 1.19. The largest absolute Gasteiger partial charge is 0.377 e. The van der Waals surface area contributed by atoms with E-state index in [0.717, 1.165) is 0 Å². The van der Waals surface area contributed by atoms with Crippen LogP contribution in [0.15, 0.2) is 0 Å². The third-order valence-corrected chi connectivity index (χ3v) is 1.89. The van der Waals surface area contributed by atoms with Crippen molar-refractivity contribution < 1.29 is 14.3 Å². The number of carbonyl (C=O) groups excluding carboxylic acids is 2. The van der Waals surface area contributed by atoms with Crippen molar-refractivity contribution in [2.24, 2.45) is 0 Å². The molecule has 0 aromatic heterocycles. The number of ketones is 1. The summed E-state index contributed by atoms with van der Waals surface area (Å²) in [5.41, 5.74) is 0. The number of nitrogens with one attached hydrogen (secondary N) is 1. The van der Waals surface area contributed by atoms with Gasteiger partial charge in [0, 0.05) is 13.7 Å². The first-order valence-corrected chi connectivity index (χ1v) is 5.13. The third-order valence-electron chi connectivity index (χ3n) is 1.89. The minimum atomic E-state index is -0.0513. The van der Waals surface area contributed by atoms with Crippen LogP contribution in [0.4, 0.5) is 0 Å². The fraction of sp³-hybridized carbons (Fsp3) is 0.800. The van der Waals surface area contributed by atoms with E-state index in [1.54, 1.807) is 4.90 Å². The van der Waals surface area contributed by atoms with E-state index in [9.17, 15) is 9.59 Å². The Morgan fingerprint density at radius 2 is 1.93 bits per heavy atom. The Kier molecular flexibility index (Phi) is 7.85. The predicted octanol–water partition coefficient (Wildman–Crippen LogP) is -0.340. The number of methoxy groups -OCH3 is 1. The smallest absolute Gasteiger partial charge is 0.234 e. The van der Waals surface area contributed by atoms with E-state index >= 15 is 0 Å². The van der Waals surface area contributed by atoms with Crippen LogP contribution in [-0.2, 0) is 14.3 Å². The molecular formula is C10H20N2O3. The van der Waals surface area contributed by atoms with E-state index in [0.29, 0.717) is 13.1 Å². The minimum Gasteiger partial charge on any atom is -0.377 e. The second-order valence-corrected chi connectivity index (χ2v) is 3.23. The lowest BCUT2D eigenvalue weighted by Crippen LogP contribution is -2.40. The van der Waals surface area contributed by atoms with E-state index in [-0.39, 0.29) is 31.4 Å². The summed E-state index contributed by atoms with van der Waals surface area (Å²) in [5.74, 6) is -0.0618. The van der Waals surface area contributed by atoms with Crippen molar-refractivity contribution in [1.82, 2.24) is 10.2 Å². The molecule has 0 aliphatic carbocycles. The Balaban J connectivity index is 3.91. The van der Waals surface area contributed by atoms with E-state index < -0.39 is 0 Å². The molecule has 0 aliphatic rings. The summed E-state index contributed by atoms with van der Waals surface area (Å²) in [6, 6.07) is 0. The topological polar surface area (TPSA) is 58.6 Å². The molecule has 0 aromatic rings. The second kappa shape index (κ2) is 8.38. The summed E-state index contributed by atoms with van der Waals surface area (Å²) in [6.07, 6.45) is 0. The maximum absolute atomic E-state index is 11.3. The number of likely N-dealkylation sites (N-methyl/N-ethyl adjacent to an activating group) is 2. The number of Topliss-reactive ketones (excluding diaryl/α,β-unsaturated/α-hetero) is 1. The Morgan fingerprint density at radius 1 is 1.27 bits per heavy atom. The van der Waals surface area contributed by atoms with E-state index in [2.05, 4.69) is 5.32 Å². The molecular weight excluding hydrogens is 196 g/mol. The lowest BCUT2D eigenvalue weighted by molar-refractivity contribution is -0.125. The van der Waals surface area contributed by atoms with Crippen LogP contribution in [0.1, 0.15) is 13.8 Å². The van der Waals surface area contributed by atoms with Crippen LogP contribution in [-0.4, -0.2) is 56.5 Å². The van der Waals surface area contributed by atoms with Crippen LogP contribution in [0.25, 0.3) is 0 Å². The Hall–Kier alpha value is -0.940. The van der Waals surface area contributed by atoms with Gasteiger partial charge in [-0.2, -0.15) is 0 Å². The van der Waals surface area contributed by atoms with Crippen molar-refractivity contribution in [3.63, 3.8) is 0 Å². The number of hydrogen-bond acceptors (Lipinski definition) is 4. The summed E-state index contributed by atoms with van der Waals surface area (Å²) in [5, 5.41) is 2.69. The lowest BCUT2D eigenvalue weighted by atomic mass is 10.3. The molecule has 0 unspecified atom stereocenters. The molecule has 0 radical (unpaired) electrons. The molecule has 0 heterocycles. The first-order chi connectivity index (χ1) is 7.13. The minimum absolute atomic E-state index is 0.0105.